The van der Waals surface area contributed by atoms with Gasteiger partial charge in [-0.05, 0) is 60.7 Å². The molecule has 0 spiro atoms. The van der Waals surface area contributed by atoms with E-state index in [9.17, 15) is 14.4 Å². The predicted octanol–water partition coefficient (Wildman–Crippen LogP) is 3.61. The van der Waals surface area contributed by atoms with Crippen molar-refractivity contribution in [2.45, 2.75) is 31.3 Å². The highest BCUT2D eigenvalue weighted by Gasteiger charge is 2.31. The summed E-state index contributed by atoms with van der Waals surface area (Å²) in [5.41, 5.74) is 2.92. The number of piperidine rings is 1. The zero-order chi connectivity index (χ0) is 28.4. The largest absolute Gasteiger partial charge is 0.484 e. The van der Waals surface area contributed by atoms with Gasteiger partial charge in [0.25, 0.3) is 5.91 Å². The van der Waals surface area contributed by atoms with Gasteiger partial charge in [0, 0.05) is 19.6 Å². The van der Waals surface area contributed by atoms with Crippen LogP contribution in [-0.4, -0.2) is 73.5 Å². The standard InChI is InChI=1S/C33H37N3O5/c37-24-34-29-20-36(21-29)31(38)23-40-30-13-7-12-28(18-30)32(27-10-5-2-6-11-27)33(39)41-22-26-14-16-35(17-15-26)19-25-8-3-1-4-9-25/h1-13,18,24,26,29,32H,14-17,19-23H2,(H,34,37). The highest BCUT2D eigenvalue weighted by Crippen LogP contribution is 2.30. The third-order valence-corrected chi connectivity index (χ3v) is 7.88. The molecular weight excluding hydrogens is 518 g/mol. The number of benzene rings is 3. The first-order chi connectivity index (χ1) is 20.1. The number of nitrogens with zero attached hydrogens (tertiary/aromatic N) is 2. The van der Waals surface area contributed by atoms with E-state index in [0.29, 0.717) is 37.8 Å². The molecule has 5 rings (SSSR count). The molecule has 1 atom stereocenters. The van der Waals surface area contributed by atoms with Crippen LogP contribution in [0, 0.1) is 5.92 Å². The number of amides is 2. The Morgan fingerprint density at radius 3 is 2.29 bits per heavy atom. The summed E-state index contributed by atoms with van der Waals surface area (Å²) in [6.45, 7) is 4.18. The molecule has 41 heavy (non-hydrogen) atoms. The lowest BCUT2D eigenvalue weighted by Gasteiger charge is -2.38. The van der Waals surface area contributed by atoms with E-state index >= 15 is 0 Å². The van der Waals surface area contributed by atoms with Crippen LogP contribution in [0.1, 0.15) is 35.4 Å². The van der Waals surface area contributed by atoms with Gasteiger partial charge >= 0.3 is 5.97 Å². The molecule has 2 heterocycles. The van der Waals surface area contributed by atoms with E-state index in [1.165, 1.54) is 5.56 Å². The van der Waals surface area contributed by atoms with Crippen LogP contribution in [0.2, 0.25) is 0 Å². The Kier molecular flexibility index (Phi) is 9.65. The fourth-order valence-corrected chi connectivity index (χ4v) is 5.45. The van der Waals surface area contributed by atoms with E-state index in [-0.39, 0.29) is 24.5 Å². The van der Waals surface area contributed by atoms with Gasteiger partial charge in [-0.15, -0.1) is 0 Å². The maximum absolute atomic E-state index is 13.5. The second kappa shape index (κ2) is 13.9. The van der Waals surface area contributed by atoms with Crippen LogP contribution >= 0.6 is 0 Å². The van der Waals surface area contributed by atoms with E-state index in [2.05, 4.69) is 34.5 Å². The number of likely N-dealkylation sites (tertiary alicyclic amines) is 2. The Hall–Kier alpha value is -4.17. The molecule has 2 saturated heterocycles. The molecule has 214 valence electrons. The van der Waals surface area contributed by atoms with E-state index in [4.69, 9.17) is 9.47 Å². The van der Waals surface area contributed by atoms with E-state index in [0.717, 1.165) is 43.6 Å². The quantitative estimate of drug-likeness (QED) is 0.271. The second-order valence-electron chi connectivity index (χ2n) is 10.8. The van der Waals surface area contributed by atoms with Crippen molar-refractivity contribution in [3.63, 3.8) is 0 Å². The number of esters is 1. The molecule has 0 bridgehead atoms. The normalized spacial score (nSPS) is 16.8. The van der Waals surface area contributed by atoms with E-state index < -0.39 is 5.92 Å². The predicted molar refractivity (Wildman–Crippen MR) is 155 cm³/mol. The molecule has 8 heteroatoms. The molecule has 1 N–H and O–H groups in total. The zero-order valence-corrected chi connectivity index (χ0v) is 23.2. The molecular formula is C33H37N3O5. The number of nitrogens with one attached hydrogen (secondary N) is 1. The molecule has 8 nitrogen and oxygen atoms in total. The van der Waals surface area contributed by atoms with Crippen molar-refractivity contribution >= 4 is 18.3 Å². The highest BCUT2D eigenvalue weighted by atomic mass is 16.5. The molecule has 1 unspecified atom stereocenters. The molecule has 2 amide bonds. The average Bonchev–Trinajstić information content (AvgIpc) is 2.99. The van der Waals surface area contributed by atoms with Gasteiger partial charge in [-0.3, -0.25) is 19.3 Å². The van der Waals surface area contributed by atoms with Crippen LogP contribution in [0.3, 0.4) is 0 Å². The molecule has 0 aliphatic carbocycles. The molecule has 2 aliphatic rings. The third-order valence-electron chi connectivity index (χ3n) is 7.88. The smallest absolute Gasteiger partial charge is 0.317 e. The first kappa shape index (κ1) is 28.4. The summed E-state index contributed by atoms with van der Waals surface area (Å²) in [4.78, 5) is 40.6. The maximum atomic E-state index is 13.5. The molecule has 0 aromatic heterocycles. The summed E-state index contributed by atoms with van der Waals surface area (Å²) in [5.74, 6) is -0.179. The van der Waals surface area contributed by atoms with Crippen LogP contribution < -0.4 is 10.1 Å². The molecule has 2 aliphatic heterocycles. The Balaban J connectivity index is 1.16. The lowest BCUT2D eigenvalue weighted by molar-refractivity contribution is -0.146. The lowest BCUT2D eigenvalue weighted by atomic mass is 9.91. The van der Waals surface area contributed by atoms with Gasteiger partial charge in [-0.1, -0.05) is 72.8 Å². The number of rotatable bonds is 12. The minimum absolute atomic E-state index is 0.000688. The SMILES string of the molecule is O=CNC1CN(C(=O)COc2cccc(C(C(=O)OCC3CCN(Cc4ccccc4)CC3)c3ccccc3)c2)C1. The minimum atomic E-state index is -0.598. The van der Waals surface area contributed by atoms with Crippen LogP contribution in [0.4, 0.5) is 0 Å². The number of hydrogen-bond donors (Lipinski definition) is 1. The molecule has 3 aromatic carbocycles. The van der Waals surface area contributed by atoms with Gasteiger partial charge < -0.3 is 19.7 Å². The number of carbonyl (C=O) groups is 3. The molecule has 0 saturated carbocycles. The van der Waals surface area contributed by atoms with Gasteiger partial charge in [0.05, 0.1) is 12.6 Å². The fourth-order valence-electron chi connectivity index (χ4n) is 5.45. The average molecular weight is 556 g/mol. The fraction of sp³-hybridized carbons (Fsp3) is 0.364. The van der Waals surface area contributed by atoms with Gasteiger partial charge in [0.15, 0.2) is 6.61 Å². The minimum Gasteiger partial charge on any atom is -0.484 e. The van der Waals surface area contributed by atoms with Crippen LogP contribution in [0.15, 0.2) is 84.9 Å². The van der Waals surface area contributed by atoms with Crippen LogP contribution in [0.25, 0.3) is 0 Å². The summed E-state index contributed by atoms with van der Waals surface area (Å²) in [6, 6.07) is 27.4. The first-order valence-corrected chi connectivity index (χ1v) is 14.3. The summed E-state index contributed by atoms with van der Waals surface area (Å²) in [7, 11) is 0. The Labute approximate surface area is 241 Å². The Bertz CT molecular complexity index is 1290. The molecule has 3 aromatic rings. The Morgan fingerprint density at radius 1 is 0.902 bits per heavy atom. The van der Waals surface area contributed by atoms with Gasteiger partial charge in [0.1, 0.15) is 11.7 Å². The number of carbonyl (C=O) groups excluding carboxylic acids is 3. The van der Waals surface area contributed by atoms with Crippen molar-refractivity contribution in [2.24, 2.45) is 5.92 Å². The van der Waals surface area contributed by atoms with Crippen LogP contribution in [0.5, 0.6) is 5.75 Å². The maximum Gasteiger partial charge on any atom is 0.317 e. The lowest BCUT2D eigenvalue weighted by Crippen LogP contribution is -2.60. The van der Waals surface area contributed by atoms with Crippen molar-refractivity contribution in [3.05, 3.63) is 102 Å². The summed E-state index contributed by atoms with van der Waals surface area (Å²) >= 11 is 0. The van der Waals surface area contributed by atoms with Gasteiger partial charge in [0.2, 0.25) is 6.41 Å². The van der Waals surface area contributed by atoms with Crippen molar-refractivity contribution < 1.29 is 23.9 Å². The Morgan fingerprint density at radius 2 is 1.59 bits per heavy atom. The van der Waals surface area contributed by atoms with Crippen molar-refractivity contribution in [1.82, 2.24) is 15.1 Å². The van der Waals surface area contributed by atoms with Crippen molar-refractivity contribution in [2.75, 3.05) is 39.4 Å². The van der Waals surface area contributed by atoms with Crippen molar-refractivity contribution in [3.8, 4) is 5.75 Å². The number of ether oxygens (including phenoxy) is 2. The highest BCUT2D eigenvalue weighted by molar-refractivity contribution is 5.82. The summed E-state index contributed by atoms with van der Waals surface area (Å²) < 4.78 is 11.7. The monoisotopic (exact) mass is 555 g/mol. The first-order valence-electron chi connectivity index (χ1n) is 14.3. The number of hydrogen-bond acceptors (Lipinski definition) is 6. The van der Waals surface area contributed by atoms with Crippen LogP contribution in [-0.2, 0) is 25.7 Å². The van der Waals surface area contributed by atoms with E-state index in [1.54, 1.807) is 17.0 Å². The molecule has 2 fully saturated rings. The second-order valence-corrected chi connectivity index (χ2v) is 10.8. The summed E-state index contributed by atoms with van der Waals surface area (Å²) in [6.07, 6.45) is 2.64. The summed E-state index contributed by atoms with van der Waals surface area (Å²) in [5, 5.41) is 2.67. The van der Waals surface area contributed by atoms with E-state index in [1.807, 2.05) is 48.5 Å². The topological polar surface area (TPSA) is 88.2 Å². The third kappa shape index (κ3) is 7.73. The van der Waals surface area contributed by atoms with Gasteiger partial charge in [-0.2, -0.15) is 0 Å². The van der Waals surface area contributed by atoms with Gasteiger partial charge in [-0.25, -0.2) is 0 Å². The molecule has 0 radical (unpaired) electrons. The van der Waals surface area contributed by atoms with Crippen molar-refractivity contribution in [1.29, 1.82) is 0 Å². The zero-order valence-electron chi connectivity index (χ0n) is 23.2.